The van der Waals surface area contributed by atoms with Gasteiger partial charge in [-0.25, -0.2) is 8.96 Å². The largest absolute Gasteiger partial charge is 0.457 e. The van der Waals surface area contributed by atoms with E-state index < -0.39 is 24.5 Å². The van der Waals surface area contributed by atoms with Crippen LogP contribution < -0.4 is 10.2 Å². The summed E-state index contributed by atoms with van der Waals surface area (Å²) in [6.07, 6.45) is 1.37. The van der Waals surface area contributed by atoms with Gasteiger partial charge in [0, 0.05) is 6.20 Å². The van der Waals surface area contributed by atoms with Crippen LogP contribution in [-0.4, -0.2) is 35.1 Å². The number of hydrogen-bond donors (Lipinski definition) is 2. The van der Waals surface area contributed by atoms with E-state index in [0.29, 0.717) is 29.6 Å². The van der Waals surface area contributed by atoms with Crippen LogP contribution in [0.2, 0.25) is 18.1 Å². The van der Waals surface area contributed by atoms with E-state index in [4.69, 9.17) is 4.74 Å². The third kappa shape index (κ3) is 5.53. The summed E-state index contributed by atoms with van der Waals surface area (Å²) in [6.45, 7) is 14.1. The molecule has 0 saturated carbocycles. The minimum Gasteiger partial charge on any atom is -0.457 e. The van der Waals surface area contributed by atoms with Crippen molar-refractivity contribution < 1.29 is 22.8 Å². The molecule has 2 N–H and O–H groups in total. The molecule has 2 aromatic carbocycles. The molecule has 0 amide bonds. The zero-order valence-electron chi connectivity index (χ0n) is 21.5. The highest BCUT2D eigenvalue weighted by molar-refractivity contribution is 7.84. The fourth-order valence-electron chi connectivity index (χ4n) is 3.95. The number of rotatable bonds is 8. The molecule has 1 heterocycles. The lowest BCUT2D eigenvalue weighted by molar-refractivity contribution is 0.213. The molecule has 0 saturated heterocycles. The van der Waals surface area contributed by atoms with Gasteiger partial charge in [0.2, 0.25) is 0 Å². The van der Waals surface area contributed by atoms with Crippen LogP contribution in [0.1, 0.15) is 63.1 Å². The third-order valence-electron chi connectivity index (χ3n) is 7.00. The minimum absolute atomic E-state index is 0.198. The molecule has 1 atom stereocenters. The normalized spacial score (nSPS) is 13.6. The van der Waals surface area contributed by atoms with Gasteiger partial charge in [0.05, 0.1) is 5.69 Å². The Kier molecular flexibility index (Phi) is 7.66. The summed E-state index contributed by atoms with van der Waals surface area (Å²) >= 11 is 0. The molecule has 3 rings (SSSR count). The van der Waals surface area contributed by atoms with Crippen molar-refractivity contribution in [2.24, 2.45) is 0 Å². The number of para-hydroxylation sites is 1. The molecule has 0 spiro atoms. The van der Waals surface area contributed by atoms with Crippen LogP contribution in [0.5, 0.6) is 11.5 Å². The van der Waals surface area contributed by atoms with Gasteiger partial charge in [-0.05, 0) is 58.8 Å². The monoisotopic (exact) mass is 516 g/mol. The molecule has 3 aromatic rings. The molecular weight excluding hydrogens is 480 g/mol. The highest BCUT2D eigenvalue weighted by atomic mass is 32.2. The standard InChI is InChI=1S/C26H36N2O5SSi/c1-8-18-15-21(33-20-13-11-10-12-14-20)16-19(9-2)23(18)24(29)22-17-28(34(30,31)32)25(27-22)35(6,7)26(3,4)5/h10-17,24,29H,8-9H2,1-7H3,(H,30,31,32). The predicted octanol–water partition coefficient (Wildman–Crippen LogP) is 5.25. The number of aromatic nitrogens is 2. The van der Waals surface area contributed by atoms with Gasteiger partial charge in [0.1, 0.15) is 31.1 Å². The van der Waals surface area contributed by atoms with Crippen molar-refractivity contribution in [3.8, 4) is 11.5 Å². The van der Waals surface area contributed by atoms with Crippen molar-refractivity contribution in [2.75, 3.05) is 0 Å². The second kappa shape index (κ2) is 9.89. The van der Waals surface area contributed by atoms with E-state index >= 15 is 0 Å². The van der Waals surface area contributed by atoms with Gasteiger partial charge in [-0.3, -0.25) is 4.55 Å². The first kappa shape index (κ1) is 27.1. The lowest BCUT2D eigenvalue weighted by Gasteiger charge is -2.35. The number of aliphatic hydroxyl groups is 1. The molecule has 0 aliphatic carbocycles. The molecule has 35 heavy (non-hydrogen) atoms. The summed E-state index contributed by atoms with van der Waals surface area (Å²) in [5.74, 6) is 1.39. The number of ether oxygens (including phenoxy) is 1. The van der Waals surface area contributed by atoms with E-state index in [1.54, 1.807) is 0 Å². The highest BCUT2D eigenvalue weighted by Crippen LogP contribution is 2.37. The van der Waals surface area contributed by atoms with E-state index in [-0.39, 0.29) is 10.7 Å². The van der Waals surface area contributed by atoms with Gasteiger partial charge in [-0.1, -0.05) is 65.9 Å². The molecule has 1 aromatic heterocycles. The predicted molar refractivity (Wildman–Crippen MR) is 142 cm³/mol. The van der Waals surface area contributed by atoms with Crippen LogP contribution in [0, 0.1) is 0 Å². The summed E-state index contributed by atoms with van der Waals surface area (Å²) in [4.78, 5) is 4.64. The second-order valence-corrected chi connectivity index (χ2v) is 16.8. The number of aliphatic hydroxyl groups excluding tert-OH is 1. The van der Waals surface area contributed by atoms with Crippen molar-refractivity contribution in [3.63, 3.8) is 0 Å². The van der Waals surface area contributed by atoms with Crippen molar-refractivity contribution in [1.82, 2.24) is 8.96 Å². The van der Waals surface area contributed by atoms with Gasteiger partial charge < -0.3 is 9.84 Å². The molecule has 0 fully saturated rings. The fourth-order valence-corrected chi connectivity index (χ4v) is 7.18. The zero-order valence-corrected chi connectivity index (χ0v) is 23.3. The topological polar surface area (TPSA) is 102 Å². The summed E-state index contributed by atoms with van der Waals surface area (Å²) in [7, 11) is -7.06. The molecule has 9 heteroatoms. The lowest BCUT2D eigenvalue weighted by atomic mass is 9.92. The average molecular weight is 517 g/mol. The Balaban J connectivity index is 2.14. The van der Waals surface area contributed by atoms with E-state index in [2.05, 4.69) is 4.98 Å². The Morgan fingerprint density at radius 3 is 2.03 bits per heavy atom. The molecule has 7 nitrogen and oxygen atoms in total. The van der Waals surface area contributed by atoms with Gasteiger partial charge in [-0.15, -0.1) is 0 Å². The van der Waals surface area contributed by atoms with Crippen molar-refractivity contribution in [1.29, 1.82) is 0 Å². The maximum absolute atomic E-state index is 12.3. The van der Waals surface area contributed by atoms with E-state index in [1.807, 2.05) is 90.2 Å². The molecular formula is C26H36N2O5SSi. The average Bonchev–Trinajstić information content (AvgIpc) is 3.25. The maximum Gasteiger partial charge on any atom is 0.364 e. The molecule has 0 aliphatic rings. The Bertz CT molecular complexity index is 1270. The summed E-state index contributed by atoms with van der Waals surface area (Å²) in [5.41, 5.74) is 2.97. The Morgan fingerprint density at radius 1 is 1.03 bits per heavy atom. The summed E-state index contributed by atoms with van der Waals surface area (Å²) in [5, 5.41) is 11.3. The second-order valence-electron chi connectivity index (χ2n) is 10.3. The first-order chi connectivity index (χ1) is 16.2. The van der Waals surface area contributed by atoms with Crippen LogP contribution in [0.25, 0.3) is 0 Å². The van der Waals surface area contributed by atoms with Crippen molar-refractivity contribution in [2.45, 2.75) is 71.7 Å². The number of imidazole rings is 1. The highest BCUT2D eigenvalue weighted by Gasteiger charge is 2.43. The maximum atomic E-state index is 12.3. The number of aryl methyl sites for hydroxylation is 2. The van der Waals surface area contributed by atoms with E-state index in [1.165, 1.54) is 6.20 Å². The van der Waals surface area contributed by atoms with Crippen LogP contribution in [0.4, 0.5) is 0 Å². The quantitative estimate of drug-likeness (QED) is 0.313. The van der Waals surface area contributed by atoms with Gasteiger partial charge >= 0.3 is 10.3 Å². The Labute approximate surface area is 209 Å². The molecule has 0 radical (unpaired) electrons. The SMILES string of the molecule is CCc1cc(Oc2ccccc2)cc(CC)c1C(O)c1cn(S(=O)(=O)O)c([Si](C)(C)C(C)(C)C)n1. The van der Waals surface area contributed by atoms with Gasteiger partial charge in [0.15, 0.2) is 0 Å². The summed E-state index contributed by atoms with van der Waals surface area (Å²) in [6, 6.07) is 13.3. The van der Waals surface area contributed by atoms with E-state index in [9.17, 15) is 18.1 Å². The Morgan fingerprint density at radius 2 is 1.57 bits per heavy atom. The first-order valence-corrected chi connectivity index (χ1v) is 16.2. The zero-order chi connectivity index (χ0) is 26.2. The number of hydrogen-bond acceptors (Lipinski definition) is 5. The molecule has 190 valence electrons. The smallest absolute Gasteiger partial charge is 0.364 e. The summed E-state index contributed by atoms with van der Waals surface area (Å²) < 4.78 is 41.4. The lowest BCUT2D eigenvalue weighted by Crippen LogP contribution is -2.54. The van der Waals surface area contributed by atoms with Gasteiger partial charge in [0.25, 0.3) is 0 Å². The Hall–Kier alpha value is -2.46. The molecule has 1 unspecified atom stereocenters. The molecule has 0 aliphatic heterocycles. The minimum atomic E-state index is -4.59. The number of nitrogens with zero attached hydrogens (tertiary/aromatic N) is 2. The van der Waals surface area contributed by atoms with Crippen LogP contribution in [0.3, 0.4) is 0 Å². The fraction of sp³-hybridized carbons (Fsp3) is 0.423. The van der Waals surface area contributed by atoms with Crippen molar-refractivity contribution >= 4 is 23.8 Å². The third-order valence-corrected chi connectivity index (χ3v) is 13.2. The van der Waals surface area contributed by atoms with E-state index in [0.717, 1.165) is 20.8 Å². The van der Waals surface area contributed by atoms with Crippen LogP contribution in [0.15, 0.2) is 48.7 Å². The van der Waals surface area contributed by atoms with Crippen LogP contribution >= 0.6 is 0 Å². The van der Waals surface area contributed by atoms with Crippen molar-refractivity contribution in [3.05, 3.63) is 71.0 Å². The molecule has 0 bridgehead atoms. The van der Waals surface area contributed by atoms with Gasteiger partial charge in [-0.2, -0.15) is 8.42 Å². The first-order valence-electron chi connectivity index (χ1n) is 11.8. The number of benzene rings is 2. The van der Waals surface area contributed by atoms with Crippen LogP contribution in [-0.2, 0) is 23.1 Å².